The van der Waals surface area contributed by atoms with E-state index in [1.807, 2.05) is 13.8 Å². The summed E-state index contributed by atoms with van der Waals surface area (Å²) in [5.74, 6) is -1.31. The number of sulfonamides is 1. The predicted molar refractivity (Wildman–Crippen MR) is 131 cm³/mol. The van der Waals surface area contributed by atoms with E-state index >= 15 is 0 Å². The zero-order valence-electron chi connectivity index (χ0n) is 19.1. The van der Waals surface area contributed by atoms with Gasteiger partial charge in [0.1, 0.15) is 18.4 Å². The number of rotatable bonds is 10. The van der Waals surface area contributed by atoms with Crippen LogP contribution in [-0.2, 0) is 26.2 Å². The molecule has 0 aliphatic heterocycles. The first-order chi connectivity index (χ1) is 15.4. The Hall–Kier alpha value is -2.46. The third kappa shape index (κ3) is 7.53. The monoisotopic (exact) mass is 541 g/mol. The lowest BCUT2D eigenvalue weighted by atomic mass is 10.1. The summed E-state index contributed by atoms with van der Waals surface area (Å²) in [6.45, 7) is 4.94. The maximum absolute atomic E-state index is 13.5. The van der Waals surface area contributed by atoms with E-state index in [1.54, 1.807) is 31.2 Å². The standard InChI is InChI=1S/C23H29BrFN3O4S/c1-5-20(23(30)26-16(2)3)27(14-17-10-12-18(25)13-11-17)22(29)15-28(33(4,31)32)21-9-7-6-8-19(21)24/h6-13,16,20H,5,14-15H2,1-4H3,(H,26,30)/t20-/m0/s1. The topological polar surface area (TPSA) is 86.8 Å². The van der Waals surface area contributed by atoms with Gasteiger partial charge < -0.3 is 10.2 Å². The van der Waals surface area contributed by atoms with Crippen LogP contribution in [0.25, 0.3) is 0 Å². The van der Waals surface area contributed by atoms with Gasteiger partial charge in [-0.2, -0.15) is 0 Å². The van der Waals surface area contributed by atoms with Gasteiger partial charge in [-0.25, -0.2) is 12.8 Å². The van der Waals surface area contributed by atoms with Gasteiger partial charge in [-0.1, -0.05) is 31.2 Å². The summed E-state index contributed by atoms with van der Waals surface area (Å²) in [4.78, 5) is 27.7. The molecule has 1 N–H and O–H groups in total. The lowest BCUT2D eigenvalue weighted by molar-refractivity contribution is -0.140. The zero-order chi connectivity index (χ0) is 24.8. The zero-order valence-corrected chi connectivity index (χ0v) is 21.5. The first kappa shape index (κ1) is 26.8. The second kappa shape index (κ2) is 11.6. The maximum Gasteiger partial charge on any atom is 0.244 e. The van der Waals surface area contributed by atoms with E-state index in [9.17, 15) is 22.4 Å². The van der Waals surface area contributed by atoms with Gasteiger partial charge in [0, 0.05) is 17.1 Å². The van der Waals surface area contributed by atoms with Gasteiger partial charge in [0.15, 0.2) is 0 Å². The minimum absolute atomic E-state index is 0.0245. The minimum Gasteiger partial charge on any atom is -0.352 e. The molecule has 0 saturated carbocycles. The van der Waals surface area contributed by atoms with Crippen LogP contribution in [0.15, 0.2) is 53.0 Å². The fourth-order valence-corrected chi connectivity index (χ4v) is 4.81. The summed E-state index contributed by atoms with van der Waals surface area (Å²) < 4.78 is 40.0. The molecule has 0 heterocycles. The molecule has 180 valence electrons. The molecule has 0 saturated heterocycles. The van der Waals surface area contributed by atoms with Crippen LogP contribution in [0, 0.1) is 5.82 Å². The fourth-order valence-electron chi connectivity index (χ4n) is 3.34. The van der Waals surface area contributed by atoms with Crippen LogP contribution < -0.4 is 9.62 Å². The van der Waals surface area contributed by atoms with Crippen molar-refractivity contribution in [2.75, 3.05) is 17.1 Å². The lowest BCUT2D eigenvalue weighted by Crippen LogP contribution is -2.53. The Labute approximate surface area is 203 Å². The van der Waals surface area contributed by atoms with Crippen molar-refractivity contribution in [3.05, 3.63) is 64.4 Å². The molecule has 2 amide bonds. The third-order valence-electron chi connectivity index (χ3n) is 4.88. The van der Waals surface area contributed by atoms with Gasteiger partial charge >= 0.3 is 0 Å². The third-order valence-corrected chi connectivity index (χ3v) is 6.68. The van der Waals surface area contributed by atoms with E-state index in [4.69, 9.17) is 0 Å². The maximum atomic E-state index is 13.5. The number of hydrogen-bond donors (Lipinski definition) is 1. The highest BCUT2D eigenvalue weighted by atomic mass is 79.9. The summed E-state index contributed by atoms with van der Waals surface area (Å²) in [5.41, 5.74) is 0.933. The molecule has 0 radical (unpaired) electrons. The molecule has 2 aromatic carbocycles. The molecule has 0 aliphatic carbocycles. The molecule has 0 bridgehead atoms. The van der Waals surface area contributed by atoms with Crippen LogP contribution in [0.2, 0.25) is 0 Å². The highest BCUT2D eigenvalue weighted by molar-refractivity contribution is 9.10. The fraction of sp³-hybridized carbons (Fsp3) is 0.391. The van der Waals surface area contributed by atoms with Gasteiger partial charge in [-0.3, -0.25) is 13.9 Å². The molecule has 0 fully saturated rings. The Balaban J connectivity index is 2.44. The van der Waals surface area contributed by atoms with E-state index in [0.29, 0.717) is 22.1 Å². The van der Waals surface area contributed by atoms with Gasteiger partial charge in [-0.05, 0) is 66.0 Å². The predicted octanol–water partition coefficient (Wildman–Crippen LogP) is 3.69. The lowest BCUT2D eigenvalue weighted by Gasteiger charge is -2.33. The van der Waals surface area contributed by atoms with E-state index in [1.165, 1.54) is 29.2 Å². The van der Waals surface area contributed by atoms with Crippen LogP contribution in [-0.4, -0.2) is 50.0 Å². The van der Waals surface area contributed by atoms with Gasteiger partial charge in [0.25, 0.3) is 0 Å². The highest BCUT2D eigenvalue weighted by Crippen LogP contribution is 2.28. The van der Waals surface area contributed by atoms with E-state index in [0.717, 1.165) is 10.6 Å². The largest absolute Gasteiger partial charge is 0.352 e. The second-order valence-corrected chi connectivity index (χ2v) is 10.7. The van der Waals surface area contributed by atoms with Crippen molar-refractivity contribution >= 4 is 43.5 Å². The first-order valence-electron chi connectivity index (χ1n) is 10.5. The molecule has 1 atom stereocenters. The first-order valence-corrected chi connectivity index (χ1v) is 13.1. The van der Waals surface area contributed by atoms with Crippen LogP contribution >= 0.6 is 15.9 Å². The number of halogens is 2. The quantitative estimate of drug-likeness (QED) is 0.497. The minimum atomic E-state index is -3.81. The molecule has 2 aromatic rings. The Morgan fingerprint density at radius 3 is 2.21 bits per heavy atom. The smallest absolute Gasteiger partial charge is 0.244 e. The van der Waals surface area contributed by atoms with Gasteiger partial charge in [0.2, 0.25) is 21.8 Å². The molecule has 10 heteroatoms. The number of nitrogens with one attached hydrogen (secondary N) is 1. The SMILES string of the molecule is CC[C@@H](C(=O)NC(C)C)N(Cc1ccc(F)cc1)C(=O)CN(c1ccccc1Br)S(C)(=O)=O. The number of benzene rings is 2. The van der Waals surface area contributed by atoms with Crippen molar-refractivity contribution < 1.29 is 22.4 Å². The van der Waals surface area contributed by atoms with Gasteiger partial charge in [0.05, 0.1) is 11.9 Å². The van der Waals surface area contributed by atoms with Crippen molar-refractivity contribution in [1.29, 1.82) is 0 Å². The average Bonchev–Trinajstić information content (AvgIpc) is 2.72. The summed E-state index contributed by atoms with van der Waals surface area (Å²) in [7, 11) is -3.81. The molecule has 0 unspecified atom stereocenters. The van der Waals surface area contributed by atoms with Crippen molar-refractivity contribution in [2.24, 2.45) is 0 Å². The number of hydrogen-bond acceptors (Lipinski definition) is 4. The Bertz CT molecular complexity index is 1080. The summed E-state index contributed by atoms with van der Waals surface area (Å²) in [6, 6.07) is 11.3. The van der Waals surface area contributed by atoms with Crippen LogP contribution in [0.5, 0.6) is 0 Å². The number of carbonyl (C=O) groups is 2. The van der Waals surface area contributed by atoms with E-state index in [2.05, 4.69) is 21.2 Å². The van der Waals surface area contributed by atoms with Gasteiger partial charge in [-0.15, -0.1) is 0 Å². The second-order valence-electron chi connectivity index (χ2n) is 7.96. The van der Waals surface area contributed by atoms with Crippen LogP contribution in [0.1, 0.15) is 32.8 Å². The van der Waals surface area contributed by atoms with E-state index in [-0.39, 0.29) is 18.5 Å². The number of anilines is 1. The molecule has 33 heavy (non-hydrogen) atoms. The highest BCUT2D eigenvalue weighted by Gasteiger charge is 2.32. The van der Waals surface area contributed by atoms with Crippen molar-refractivity contribution in [3.63, 3.8) is 0 Å². The summed E-state index contributed by atoms with van der Waals surface area (Å²) in [6.07, 6.45) is 1.34. The Morgan fingerprint density at radius 2 is 1.70 bits per heavy atom. The van der Waals surface area contributed by atoms with Crippen molar-refractivity contribution in [1.82, 2.24) is 10.2 Å². The number of carbonyl (C=O) groups excluding carboxylic acids is 2. The van der Waals surface area contributed by atoms with Crippen LogP contribution in [0.4, 0.5) is 10.1 Å². The molecule has 0 aromatic heterocycles. The number of amides is 2. The van der Waals surface area contributed by atoms with Crippen molar-refractivity contribution in [3.8, 4) is 0 Å². The molecular weight excluding hydrogens is 513 g/mol. The van der Waals surface area contributed by atoms with E-state index < -0.39 is 34.3 Å². The molecule has 7 nitrogen and oxygen atoms in total. The average molecular weight is 542 g/mol. The van der Waals surface area contributed by atoms with Crippen LogP contribution in [0.3, 0.4) is 0 Å². The van der Waals surface area contributed by atoms with Crippen molar-refractivity contribution in [2.45, 2.75) is 45.8 Å². The summed E-state index contributed by atoms with van der Waals surface area (Å²) in [5, 5.41) is 2.82. The Kier molecular flexibility index (Phi) is 9.42. The molecular formula is C23H29BrFN3O4S. The molecule has 0 spiro atoms. The molecule has 0 aliphatic rings. The Morgan fingerprint density at radius 1 is 1.09 bits per heavy atom. The number of nitrogens with zero attached hydrogens (tertiary/aromatic N) is 2. The normalized spacial score (nSPS) is 12.3. The number of para-hydroxylation sites is 1. The molecule has 2 rings (SSSR count). The summed E-state index contributed by atoms with van der Waals surface area (Å²) >= 11 is 3.34.